The molecule has 1 aliphatic rings. The molecule has 4 nitrogen and oxygen atoms in total. The van der Waals surface area contributed by atoms with Gasteiger partial charge in [0.2, 0.25) is 0 Å². The second-order valence-corrected chi connectivity index (χ2v) is 5.69. The number of hydrogen-bond donors (Lipinski definition) is 1. The Balaban J connectivity index is 1.66. The van der Waals surface area contributed by atoms with Crippen LogP contribution in [-0.2, 0) is 6.54 Å². The highest BCUT2D eigenvalue weighted by molar-refractivity contribution is 5.33. The standard InChI is InChI=1S/C16H20F2N4/c1-19-13-4-7-21(8-5-13)11-14-6-9-22(20-14)16-3-2-12(17)10-15(16)18/h2-3,6,9-10,13,19H,4-5,7-8,11H2,1H3. The maximum absolute atomic E-state index is 13.8. The predicted octanol–water partition coefficient (Wildman–Crippen LogP) is 2.33. The smallest absolute Gasteiger partial charge is 0.151 e. The number of rotatable bonds is 4. The molecule has 1 fully saturated rings. The number of hydrogen-bond acceptors (Lipinski definition) is 3. The summed E-state index contributed by atoms with van der Waals surface area (Å²) < 4.78 is 28.2. The van der Waals surface area contributed by atoms with E-state index in [2.05, 4.69) is 15.3 Å². The summed E-state index contributed by atoms with van der Waals surface area (Å²) in [5.41, 5.74) is 1.16. The minimum absolute atomic E-state index is 0.265. The molecule has 1 saturated heterocycles. The zero-order chi connectivity index (χ0) is 15.5. The maximum atomic E-state index is 13.8. The molecule has 0 amide bonds. The summed E-state index contributed by atoms with van der Waals surface area (Å²) in [6.07, 6.45) is 3.97. The Labute approximate surface area is 128 Å². The second-order valence-electron chi connectivity index (χ2n) is 5.69. The molecule has 0 saturated carbocycles. The van der Waals surface area contributed by atoms with Crippen LogP contribution in [0.3, 0.4) is 0 Å². The Kier molecular flexibility index (Phi) is 4.49. The van der Waals surface area contributed by atoms with Crippen molar-refractivity contribution in [1.29, 1.82) is 0 Å². The zero-order valence-electron chi connectivity index (χ0n) is 12.6. The number of piperidine rings is 1. The van der Waals surface area contributed by atoms with Crippen molar-refractivity contribution in [2.75, 3.05) is 20.1 Å². The van der Waals surface area contributed by atoms with E-state index >= 15 is 0 Å². The predicted molar refractivity (Wildman–Crippen MR) is 80.8 cm³/mol. The lowest BCUT2D eigenvalue weighted by Crippen LogP contribution is -2.40. The van der Waals surface area contributed by atoms with E-state index in [1.165, 1.54) is 16.8 Å². The fraction of sp³-hybridized carbons (Fsp3) is 0.438. The van der Waals surface area contributed by atoms with Crippen molar-refractivity contribution in [2.24, 2.45) is 0 Å². The van der Waals surface area contributed by atoms with Gasteiger partial charge in [0.05, 0.1) is 5.69 Å². The molecule has 6 heteroatoms. The minimum atomic E-state index is -0.607. The van der Waals surface area contributed by atoms with Gasteiger partial charge in [-0.25, -0.2) is 13.5 Å². The third kappa shape index (κ3) is 3.34. The van der Waals surface area contributed by atoms with Crippen molar-refractivity contribution in [3.8, 4) is 5.69 Å². The summed E-state index contributed by atoms with van der Waals surface area (Å²) in [5, 5.41) is 7.71. The summed E-state index contributed by atoms with van der Waals surface area (Å²) in [6, 6.07) is 6.00. The van der Waals surface area contributed by atoms with Gasteiger partial charge < -0.3 is 5.32 Å². The fourth-order valence-corrected chi connectivity index (χ4v) is 2.86. The van der Waals surface area contributed by atoms with Crippen molar-refractivity contribution in [3.63, 3.8) is 0 Å². The van der Waals surface area contributed by atoms with Crippen molar-refractivity contribution < 1.29 is 8.78 Å². The molecule has 0 atom stereocenters. The third-order valence-electron chi connectivity index (χ3n) is 4.18. The van der Waals surface area contributed by atoms with Crippen molar-refractivity contribution in [1.82, 2.24) is 20.0 Å². The van der Waals surface area contributed by atoms with E-state index in [1.807, 2.05) is 13.1 Å². The third-order valence-corrected chi connectivity index (χ3v) is 4.18. The quantitative estimate of drug-likeness (QED) is 0.941. The van der Waals surface area contributed by atoms with Crippen LogP contribution in [0.25, 0.3) is 5.69 Å². The van der Waals surface area contributed by atoms with Crippen LogP contribution in [0.4, 0.5) is 8.78 Å². The molecule has 0 bridgehead atoms. The van der Waals surface area contributed by atoms with E-state index in [9.17, 15) is 8.78 Å². The van der Waals surface area contributed by atoms with Gasteiger partial charge in [-0.15, -0.1) is 0 Å². The Morgan fingerprint density at radius 3 is 2.68 bits per heavy atom. The maximum Gasteiger partial charge on any atom is 0.151 e. The first-order chi connectivity index (χ1) is 10.7. The van der Waals surface area contributed by atoms with Crippen LogP contribution in [0, 0.1) is 11.6 Å². The molecule has 1 aliphatic heterocycles. The van der Waals surface area contributed by atoms with Gasteiger partial charge in [-0.3, -0.25) is 4.90 Å². The SMILES string of the molecule is CNC1CCN(Cc2ccn(-c3ccc(F)cc3F)n2)CC1. The number of nitrogens with one attached hydrogen (secondary N) is 1. The lowest BCUT2D eigenvalue weighted by Gasteiger charge is -2.31. The van der Waals surface area contributed by atoms with Gasteiger partial charge in [-0.1, -0.05) is 0 Å². The first kappa shape index (κ1) is 15.1. The van der Waals surface area contributed by atoms with Gasteiger partial charge in [0.25, 0.3) is 0 Å². The van der Waals surface area contributed by atoms with Crippen LogP contribution in [0.1, 0.15) is 18.5 Å². The van der Waals surface area contributed by atoms with Crippen LogP contribution in [0.2, 0.25) is 0 Å². The minimum Gasteiger partial charge on any atom is -0.317 e. The van der Waals surface area contributed by atoms with E-state index in [0.29, 0.717) is 6.04 Å². The molecular weight excluding hydrogens is 286 g/mol. The molecule has 3 rings (SSSR count). The molecule has 118 valence electrons. The summed E-state index contributed by atoms with van der Waals surface area (Å²) in [5.74, 6) is -1.19. The Morgan fingerprint density at radius 1 is 1.23 bits per heavy atom. The summed E-state index contributed by atoms with van der Waals surface area (Å²) in [7, 11) is 2.00. The van der Waals surface area contributed by atoms with Crippen molar-refractivity contribution in [2.45, 2.75) is 25.4 Å². The zero-order valence-corrected chi connectivity index (χ0v) is 12.6. The highest BCUT2D eigenvalue weighted by Crippen LogP contribution is 2.16. The Hall–Kier alpha value is -1.79. The van der Waals surface area contributed by atoms with Gasteiger partial charge in [0.1, 0.15) is 11.5 Å². The van der Waals surface area contributed by atoms with E-state index < -0.39 is 11.6 Å². The fourth-order valence-electron chi connectivity index (χ4n) is 2.86. The highest BCUT2D eigenvalue weighted by Gasteiger charge is 2.18. The van der Waals surface area contributed by atoms with Crippen molar-refractivity contribution in [3.05, 3.63) is 47.8 Å². The van der Waals surface area contributed by atoms with E-state index in [-0.39, 0.29) is 5.69 Å². The van der Waals surface area contributed by atoms with Gasteiger partial charge >= 0.3 is 0 Å². The molecule has 0 spiro atoms. The molecule has 1 N–H and O–H groups in total. The van der Waals surface area contributed by atoms with Gasteiger partial charge in [0.15, 0.2) is 5.82 Å². The molecular formula is C16H20F2N4. The summed E-state index contributed by atoms with van der Waals surface area (Å²) in [4.78, 5) is 2.35. The first-order valence-electron chi connectivity index (χ1n) is 7.55. The lowest BCUT2D eigenvalue weighted by molar-refractivity contribution is 0.192. The Bertz CT molecular complexity index is 633. The molecule has 0 unspecified atom stereocenters. The first-order valence-corrected chi connectivity index (χ1v) is 7.55. The molecule has 2 heterocycles. The highest BCUT2D eigenvalue weighted by atomic mass is 19.1. The van der Waals surface area contributed by atoms with Gasteiger partial charge in [-0.2, -0.15) is 5.10 Å². The van der Waals surface area contributed by atoms with Crippen molar-refractivity contribution >= 4 is 0 Å². The van der Waals surface area contributed by atoms with Crippen LogP contribution in [-0.4, -0.2) is 40.9 Å². The van der Waals surface area contributed by atoms with E-state index in [1.54, 1.807) is 6.20 Å². The average Bonchev–Trinajstić information content (AvgIpc) is 2.96. The van der Waals surface area contributed by atoms with Gasteiger partial charge in [0, 0.05) is 37.9 Å². The molecule has 0 aliphatic carbocycles. The van der Waals surface area contributed by atoms with Crippen LogP contribution >= 0.6 is 0 Å². The van der Waals surface area contributed by atoms with Crippen LogP contribution in [0.15, 0.2) is 30.5 Å². The molecule has 22 heavy (non-hydrogen) atoms. The van der Waals surface area contributed by atoms with Crippen LogP contribution < -0.4 is 5.32 Å². The average molecular weight is 306 g/mol. The second kappa shape index (κ2) is 6.54. The largest absolute Gasteiger partial charge is 0.317 e. The number of benzene rings is 1. The number of halogens is 2. The van der Waals surface area contributed by atoms with Crippen LogP contribution in [0.5, 0.6) is 0 Å². The summed E-state index contributed by atoms with van der Waals surface area (Å²) >= 11 is 0. The van der Waals surface area contributed by atoms with E-state index in [4.69, 9.17) is 0 Å². The van der Waals surface area contributed by atoms with E-state index in [0.717, 1.165) is 44.2 Å². The number of nitrogens with zero attached hydrogens (tertiary/aromatic N) is 3. The Morgan fingerprint density at radius 2 is 2.00 bits per heavy atom. The monoisotopic (exact) mass is 306 g/mol. The number of aromatic nitrogens is 2. The number of likely N-dealkylation sites (tertiary alicyclic amines) is 1. The molecule has 2 aromatic rings. The molecule has 0 radical (unpaired) electrons. The topological polar surface area (TPSA) is 33.1 Å². The van der Waals surface area contributed by atoms with Gasteiger partial charge in [-0.05, 0) is 38.1 Å². The lowest BCUT2D eigenvalue weighted by atomic mass is 10.1. The summed E-state index contributed by atoms with van der Waals surface area (Å²) in [6.45, 7) is 2.82. The normalized spacial score (nSPS) is 17.0. The molecule has 1 aromatic carbocycles. The molecule has 1 aromatic heterocycles.